The third kappa shape index (κ3) is 6.37. The van der Waals surface area contributed by atoms with E-state index in [0.29, 0.717) is 39.6 Å². The molecule has 1 aromatic carbocycles. The van der Waals surface area contributed by atoms with Crippen molar-refractivity contribution >= 4 is 32.9 Å². The number of amides is 1. The van der Waals surface area contributed by atoms with E-state index in [1.54, 1.807) is 56.6 Å². The lowest BCUT2D eigenvalue weighted by Crippen LogP contribution is -2.15. The van der Waals surface area contributed by atoms with Crippen LogP contribution >= 0.6 is 0 Å². The van der Waals surface area contributed by atoms with Crippen LogP contribution in [0.1, 0.15) is 31.9 Å². The van der Waals surface area contributed by atoms with Gasteiger partial charge in [-0.1, -0.05) is 6.07 Å². The predicted molar refractivity (Wildman–Crippen MR) is 131 cm³/mol. The second-order valence-corrected chi connectivity index (χ2v) is 10.5. The minimum Gasteiger partial charge on any atom is -0.386 e. The number of aliphatic hydroxyl groups is 1. The Morgan fingerprint density at radius 2 is 1.85 bits per heavy atom. The predicted octanol–water partition coefficient (Wildman–Crippen LogP) is 3.62. The number of anilines is 3. The second kappa shape index (κ2) is 9.88. The molecule has 1 amide bonds. The molecule has 0 radical (unpaired) electrons. The van der Waals surface area contributed by atoms with E-state index in [-0.39, 0.29) is 17.4 Å². The van der Waals surface area contributed by atoms with E-state index in [1.165, 1.54) is 20.1 Å². The van der Waals surface area contributed by atoms with Crippen molar-refractivity contribution in [1.82, 2.24) is 9.97 Å². The topological polar surface area (TPSA) is 131 Å². The first-order chi connectivity index (χ1) is 15.9. The Bertz CT molecular complexity index is 1300. The molecule has 180 valence electrons. The van der Waals surface area contributed by atoms with Crippen LogP contribution in [0.3, 0.4) is 0 Å². The van der Waals surface area contributed by atoms with Crippen LogP contribution in [-0.2, 0) is 31.6 Å². The highest BCUT2D eigenvalue weighted by molar-refractivity contribution is 7.90. The average Bonchev–Trinajstić information content (AvgIpc) is 2.72. The van der Waals surface area contributed by atoms with Gasteiger partial charge in [-0.15, -0.1) is 0 Å². The summed E-state index contributed by atoms with van der Waals surface area (Å²) in [6.07, 6.45) is 4.29. The third-order valence-corrected chi connectivity index (χ3v) is 6.03. The van der Waals surface area contributed by atoms with Crippen LogP contribution in [0.25, 0.3) is 11.3 Å². The van der Waals surface area contributed by atoms with Crippen molar-refractivity contribution < 1.29 is 23.1 Å². The van der Waals surface area contributed by atoms with E-state index in [4.69, 9.17) is 4.74 Å². The molecule has 0 bridgehead atoms. The molecule has 0 aliphatic carbocycles. The zero-order valence-electron chi connectivity index (χ0n) is 19.7. The molecule has 0 unspecified atom stereocenters. The van der Waals surface area contributed by atoms with Gasteiger partial charge in [-0.05, 0) is 43.7 Å². The number of ether oxygens (including phenoxy) is 1. The van der Waals surface area contributed by atoms with Crippen molar-refractivity contribution in [3.8, 4) is 11.3 Å². The number of methoxy groups -OCH3 is 1. The smallest absolute Gasteiger partial charge is 0.222 e. The summed E-state index contributed by atoms with van der Waals surface area (Å²) in [4.78, 5) is 20.5. The van der Waals surface area contributed by atoms with Gasteiger partial charge < -0.3 is 20.5 Å². The Hall–Kier alpha value is -3.34. The van der Waals surface area contributed by atoms with Gasteiger partial charge in [-0.3, -0.25) is 9.78 Å². The van der Waals surface area contributed by atoms with Gasteiger partial charge in [0.15, 0.2) is 9.84 Å². The minimum atomic E-state index is -3.46. The number of nitrogens with zero attached hydrogens (tertiary/aromatic N) is 2. The van der Waals surface area contributed by atoms with Crippen LogP contribution in [-0.4, -0.2) is 42.8 Å². The molecule has 0 saturated carbocycles. The summed E-state index contributed by atoms with van der Waals surface area (Å²) in [5.74, 6) is 0.0450. The molecular weight excluding hydrogens is 456 g/mol. The summed E-state index contributed by atoms with van der Waals surface area (Å²) >= 11 is 0. The van der Waals surface area contributed by atoms with Crippen LogP contribution in [0, 0.1) is 0 Å². The Morgan fingerprint density at radius 1 is 1.12 bits per heavy atom. The number of hydrogen-bond acceptors (Lipinski definition) is 8. The summed E-state index contributed by atoms with van der Waals surface area (Å²) in [5.41, 5.74) is 2.56. The second-order valence-electron chi connectivity index (χ2n) is 8.48. The lowest BCUT2D eigenvalue weighted by Gasteiger charge is -2.18. The normalized spacial score (nSPS) is 11.8. The zero-order valence-corrected chi connectivity index (χ0v) is 20.5. The van der Waals surface area contributed by atoms with Crippen LogP contribution < -0.4 is 10.6 Å². The van der Waals surface area contributed by atoms with Crippen molar-refractivity contribution in [3.05, 3.63) is 59.9 Å². The monoisotopic (exact) mass is 484 g/mol. The number of aromatic nitrogens is 2. The van der Waals surface area contributed by atoms with E-state index in [1.807, 2.05) is 0 Å². The molecule has 34 heavy (non-hydrogen) atoms. The first-order valence-corrected chi connectivity index (χ1v) is 12.3. The fourth-order valence-electron chi connectivity index (χ4n) is 3.28. The molecule has 0 aliphatic heterocycles. The van der Waals surface area contributed by atoms with Gasteiger partial charge in [0.1, 0.15) is 5.82 Å². The van der Waals surface area contributed by atoms with E-state index < -0.39 is 15.4 Å². The summed E-state index contributed by atoms with van der Waals surface area (Å²) < 4.78 is 29.6. The number of benzene rings is 1. The molecule has 3 aromatic rings. The maximum absolute atomic E-state index is 12.2. The van der Waals surface area contributed by atoms with Gasteiger partial charge >= 0.3 is 0 Å². The molecule has 10 heteroatoms. The highest BCUT2D eigenvalue weighted by Gasteiger charge is 2.18. The van der Waals surface area contributed by atoms with Crippen LogP contribution in [0.4, 0.5) is 17.2 Å². The highest BCUT2D eigenvalue weighted by atomic mass is 32.2. The number of carbonyl (C=O) groups is 1. The van der Waals surface area contributed by atoms with Crippen molar-refractivity contribution in [2.75, 3.05) is 24.0 Å². The standard InChI is InChI=1S/C24H28N4O5S/c1-15(29)27-23-11-22(20(13-26-23)21-7-6-17(12-25-21)24(2,3)30)28-18-8-16(14-33-4)9-19(10-18)34(5,31)32/h6-13,30H,14H2,1-5H3,(H2,26,27,28,29). The largest absolute Gasteiger partial charge is 0.386 e. The summed E-state index contributed by atoms with van der Waals surface area (Å²) in [7, 11) is -1.93. The number of sulfone groups is 1. The van der Waals surface area contributed by atoms with Crippen LogP contribution in [0.2, 0.25) is 0 Å². The summed E-state index contributed by atoms with van der Waals surface area (Å²) in [6.45, 7) is 4.96. The maximum atomic E-state index is 12.2. The lowest BCUT2D eigenvalue weighted by molar-refractivity contribution is -0.114. The Balaban J connectivity index is 2.10. The average molecular weight is 485 g/mol. The molecule has 0 spiro atoms. The van der Waals surface area contributed by atoms with E-state index in [9.17, 15) is 18.3 Å². The number of rotatable bonds is 8. The van der Waals surface area contributed by atoms with E-state index >= 15 is 0 Å². The summed E-state index contributed by atoms with van der Waals surface area (Å²) in [6, 6.07) is 10.1. The molecule has 3 rings (SSSR count). The molecule has 3 N–H and O–H groups in total. The van der Waals surface area contributed by atoms with Gasteiger partial charge in [0.2, 0.25) is 5.91 Å². The van der Waals surface area contributed by atoms with Gasteiger partial charge in [-0.25, -0.2) is 13.4 Å². The van der Waals surface area contributed by atoms with E-state index in [2.05, 4.69) is 20.6 Å². The van der Waals surface area contributed by atoms with Crippen LogP contribution in [0.5, 0.6) is 0 Å². The number of pyridine rings is 2. The molecule has 2 aromatic heterocycles. The van der Waals surface area contributed by atoms with Gasteiger partial charge in [0.25, 0.3) is 0 Å². The highest BCUT2D eigenvalue weighted by Crippen LogP contribution is 2.32. The molecule has 0 atom stereocenters. The molecule has 2 heterocycles. The van der Waals surface area contributed by atoms with Gasteiger partial charge in [0, 0.05) is 55.6 Å². The number of nitrogens with one attached hydrogen (secondary N) is 2. The van der Waals surface area contributed by atoms with Gasteiger partial charge in [0.05, 0.1) is 28.5 Å². The molecular formula is C24H28N4O5S. The number of carbonyl (C=O) groups excluding carboxylic acids is 1. The van der Waals surface area contributed by atoms with Crippen molar-refractivity contribution in [3.63, 3.8) is 0 Å². The SMILES string of the molecule is COCc1cc(Nc2cc(NC(C)=O)ncc2-c2ccc(C(C)(C)O)cn2)cc(S(C)(=O)=O)c1. The van der Waals surface area contributed by atoms with E-state index in [0.717, 1.165) is 6.26 Å². The fraction of sp³-hybridized carbons (Fsp3) is 0.292. The maximum Gasteiger partial charge on any atom is 0.222 e. The quantitative estimate of drug-likeness (QED) is 0.442. The van der Waals surface area contributed by atoms with Gasteiger partial charge in [-0.2, -0.15) is 0 Å². The van der Waals surface area contributed by atoms with Crippen molar-refractivity contribution in [1.29, 1.82) is 0 Å². The first kappa shape index (κ1) is 25.3. The Morgan fingerprint density at radius 3 is 2.41 bits per heavy atom. The fourth-order valence-corrected chi connectivity index (χ4v) is 3.99. The summed E-state index contributed by atoms with van der Waals surface area (Å²) in [5, 5.41) is 16.1. The molecule has 9 nitrogen and oxygen atoms in total. The van der Waals surface area contributed by atoms with Crippen molar-refractivity contribution in [2.24, 2.45) is 0 Å². The molecule has 0 fully saturated rings. The Labute approximate surface area is 199 Å². The lowest BCUT2D eigenvalue weighted by atomic mass is 9.99. The van der Waals surface area contributed by atoms with Crippen LogP contribution in [0.15, 0.2) is 53.7 Å². The molecule has 0 aliphatic rings. The Kier molecular flexibility index (Phi) is 7.35. The minimum absolute atomic E-state index is 0.148. The van der Waals surface area contributed by atoms with Crippen molar-refractivity contribution in [2.45, 2.75) is 37.9 Å². The first-order valence-electron chi connectivity index (χ1n) is 10.4. The molecule has 0 saturated heterocycles. The third-order valence-electron chi connectivity index (χ3n) is 4.94. The zero-order chi connectivity index (χ0) is 25.1. The number of hydrogen-bond donors (Lipinski definition) is 3.